The lowest BCUT2D eigenvalue weighted by Gasteiger charge is -1.98. The summed E-state index contributed by atoms with van der Waals surface area (Å²) in [5, 5.41) is 8.37. The molecule has 2 aromatic rings. The first-order valence-corrected chi connectivity index (χ1v) is 6.46. The topological polar surface area (TPSA) is 96.2 Å². The van der Waals surface area contributed by atoms with Crippen LogP contribution in [0.3, 0.4) is 0 Å². The van der Waals surface area contributed by atoms with Crippen molar-refractivity contribution in [2.45, 2.75) is 17.8 Å². The van der Waals surface area contributed by atoms with Gasteiger partial charge in [-0.05, 0) is 13.0 Å². The molecular formula is C11H14N4O3S. The van der Waals surface area contributed by atoms with Gasteiger partial charge in [0.15, 0.2) is 5.16 Å². The number of nitrogens with zero attached hydrogens (tertiary/aromatic N) is 3. The number of thioether (sulfide) groups is 1. The van der Waals surface area contributed by atoms with Gasteiger partial charge in [0.25, 0.3) is 0 Å². The molecule has 0 aliphatic carbocycles. The van der Waals surface area contributed by atoms with Gasteiger partial charge in [-0.2, -0.15) is 0 Å². The van der Waals surface area contributed by atoms with Gasteiger partial charge in [0.2, 0.25) is 5.95 Å². The van der Waals surface area contributed by atoms with Crippen molar-refractivity contribution in [2.75, 3.05) is 12.8 Å². The minimum absolute atomic E-state index is 0.355. The first-order chi connectivity index (χ1) is 9.02. The maximum absolute atomic E-state index is 11.4. The first kappa shape index (κ1) is 13.5. The number of furan rings is 1. The second-order valence-corrected chi connectivity index (χ2v) is 4.81. The summed E-state index contributed by atoms with van der Waals surface area (Å²) < 4.78 is 11.8. The lowest BCUT2D eigenvalue weighted by molar-refractivity contribution is 0.0599. The van der Waals surface area contributed by atoms with Gasteiger partial charge in [-0.1, -0.05) is 11.8 Å². The van der Waals surface area contributed by atoms with E-state index in [1.165, 1.54) is 18.9 Å². The molecular weight excluding hydrogens is 268 g/mol. The van der Waals surface area contributed by atoms with Crippen LogP contribution in [0.2, 0.25) is 0 Å². The Morgan fingerprint density at radius 1 is 1.58 bits per heavy atom. The minimum Gasteiger partial charge on any atom is -0.465 e. The number of nitrogens with two attached hydrogens (primary N) is 1. The van der Waals surface area contributed by atoms with Crippen LogP contribution in [0.15, 0.2) is 15.6 Å². The number of carbonyl (C=O) groups excluding carboxylic acids is 1. The number of aryl methyl sites for hydroxylation is 1. The highest BCUT2D eigenvalue weighted by molar-refractivity contribution is 7.98. The van der Waals surface area contributed by atoms with E-state index >= 15 is 0 Å². The van der Waals surface area contributed by atoms with Crippen molar-refractivity contribution in [3.8, 4) is 0 Å². The van der Waals surface area contributed by atoms with Gasteiger partial charge in [0.1, 0.15) is 17.1 Å². The predicted octanol–water partition coefficient (Wildman–Crippen LogP) is 1.38. The predicted molar refractivity (Wildman–Crippen MR) is 69.8 cm³/mol. The Balaban J connectivity index is 2.08. The Bertz CT molecular complexity index is 605. The molecule has 102 valence electrons. The highest BCUT2D eigenvalue weighted by Crippen LogP contribution is 2.24. The molecule has 2 N–H and O–H groups in total. The molecule has 0 aromatic carbocycles. The van der Waals surface area contributed by atoms with Crippen molar-refractivity contribution in [2.24, 2.45) is 7.05 Å². The van der Waals surface area contributed by atoms with Crippen LogP contribution in [0.25, 0.3) is 0 Å². The smallest absolute Gasteiger partial charge is 0.341 e. The van der Waals surface area contributed by atoms with Crippen molar-refractivity contribution < 1.29 is 13.9 Å². The van der Waals surface area contributed by atoms with Crippen LogP contribution >= 0.6 is 11.8 Å². The summed E-state index contributed by atoms with van der Waals surface area (Å²) in [5.74, 6) is 1.70. The van der Waals surface area contributed by atoms with Crippen LogP contribution in [0.1, 0.15) is 21.9 Å². The molecule has 19 heavy (non-hydrogen) atoms. The molecule has 0 unspecified atom stereocenters. The lowest BCUT2D eigenvalue weighted by atomic mass is 10.2. The average molecular weight is 282 g/mol. The molecule has 0 spiro atoms. The van der Waals surface area contributed by atoms with Crippen molar-refractivity contribution in [3.05, 3.63) is 23.2 Å². The van der Waals surface area contributed by atoms with Crippen LogP contribution in [0, 0.1) is 6.92 Å². The molecule has 8 heteroatoms. The zero-order valence-electron chi connectivity index (χ0n) is 10.8. The molecule has 0 atom stereocenters. The molecule has 0 bridgehead atoms. The van der Waals surface area contributed by atoms with E-state index in [2.05, 4.69) is 14.9 Å². The second-order valence-electron chi connectivity index (χ2n) is 3.86. The molecule has 0 radical (unpaired) electrons. The third-order valence-electron chi connectivity index (χ3n) is 2.59. The van der Waals surface area contributed by atoms with Gasteiger partial charge in [-0.15, -0.1) is 10.2 Å². The van der Waals surface area contributed by atoms with Gasteiger partial charge in [-0.3, -0.25) is 4.57 Å². The highest BCUT2D eigenvalue weighted by atomic mass is 32.2. The van der Waals surface area contributed by atoms with Crippen molar-refractivity contribution in [3.63, 3.8) is 0 Å². The van der Waals surface area contributed by atoms with Crippen LogP contribution in [-0.2, 0) is 17.5 Å². The molecule has 7 nitrogen and oxygen atoms in total. The number of hydrogen-bond acceptors (Lipinski definition) is 7. The van der Waals surface area contributed by atoms with Gasteiger partial charge in [0.05, 0.1) is 12.9 Å². The fourth-order valence-corrected chi connectivity index (χ4v) is 2.31. The van der Waals surface area contributed by atoms with Crippen LogP contribution < -0.4 is 5.73 Å². The fraction of sp³-hybridized carbons (Fsp3) is 0.364. The largest absolute Gasteiger partial charge is 0.465 e. The SMILES string of the molecule is COC(=O)c1cc(CSc2nnc(N)n2C)oc1C. The van der Waals surface area contributed by atoms with E-state index in [1.54, 1.807) is 24.6 Å². The number of anilines is 1. The summed E-state index contributed by atoms with van der Waals surface area (Å²) in [6.45, 7) is 1.72. The van der Waals surface area contributed by atoms with Crippen molar-refractivity contribution in [1.29, 1.82) is 0 Å². The summed E-state index contributed by atoms with van der Waals surface area (Å²) in [6, 6.07) is 1.67. The summed E-state index contributed by atoms with van der Waals surface area (Å²) in [5.41, 5.74) is 6.03. The van der Waals surface area contributed by atoms with Gasteiger partial charge in [0, 0.05) is 7.05 Å². The molecule has 0 amide bonds. The molecule has 0 saturated carbocycles. The van der Waals surface area contributed by atoms with Gasteiger partial charge in [-0.25, -0.2) is 4.79 Å². The molecule has 0 aliphatic heterocycles. The zero-order valence-corrected chi connectivity index (χ0v) is 11.7. The van der Waals surface area contributed by atoms with Gasteiger partial charge >= 0.3 is 5.97 Å². The Morgan fingerprint density at radius 2 is 2.32 bits per heavy atom. The lowest BCUT2D eigenvalue weighted by Crippen LogP contribution is -2.00. The molecule has 2 aromatic heterocycles. The van der Waals surface area contributed by atoms with Crippen LogP contribution in [0.4, 0.5) is 5.95 Å². The van der Waals surface area contributed by atoms with E-state index in [0.717, 1.165) is 0 Å². The molecule has 0 aliphatic rings. The number of hydrogen-bond donors (Lipinski definition) is 1. The van der Waals surface area contributed by atoms with E-state index in [9.17, 15) is 4.79 Å². The van der Waals surface area contributed by atoms with E-state index in [1.807, 2.05) is 0 Å². The average Bonchev–Trinajstić information content (AvgIpc) is 2.91. The number of nitrogen functional groups attached to an aromatic ring is 1. The summed E-state index contributed by atoms with van der Waals surface area (Å²) in [7, 11) is 3.12. The number of aromatic nitrogens is 3. The Morgan fingerprint density at radius 3 is 2.89 bits per heavy atom. The molecule has 2 heterocycles. The maximum Gasteiger partial charge on any atom is 0.341 e. The highest BCUT2D eigenvalue weighted by Gasteiger charge is 2.16. The zero-order chi connectivity index (χ0) is 14.0. The second kappa shape index (κ2) is 5.35. The Hall–Kier alpha value is -1.96. The molecule has 0 fully saturated rings. The van der Waals surface area contributed by atoms with E-state index in [0.29, 0.717) is 33.9 Å². The standard InChI is InChI=1S/C11H14N4O3S/c1-6-8(9(16)17-3)4-7(18-6)5-19-11-14-13-10(12)15(11)2/h4H,5H2,1-3H3,(H2,12,13). The quantitative estimate of drug-likeness (QED) is 0.668. The third-order valence-corrected chi connectivity index (χ3v) is 3.63. The van der Waals surface area contributed by atoms with E-state index in [4.69, 9.17) is 10.2 Å². The normalized spacial score (nSPS) is 10.7. The molecule has 0 saturated heterocycles. The van der Waals surface area contributed by atoms with Crippen LogP contribution in [-0.4, -0.2) is 27.8 Å². The molecule has 2 rings (SSSR count). The summed E-state index contributed by atoms with van der Waals surface area (Å²) in [4.78, 5) is 11.4. The number of carbonyl (C=O) groups is 1. The Kier molecular flexibility index (Phi) is 3.79. The van der Waals surface area contributed by atoms with Crippen molar-refractivity contribution in [1.82, 2.24) is 14.8 Å². The number of ether oxygens (including phenoxy) is 1. The van der Waals surface area contributed by atoms with Gasteiger partial charge < -0.3 is 14.9 Å². The summed E-state index contributed by atoms with van der Waals surface area (Å²) in [6.07, 6.45) is 0. The summed E-state index contributed by atoms with van der Waals surface area (Å²) >= 11 is 1.43. The Labute approximate surface area is 114 Å². The van der Waals surface area contributed by atoms with E-state index < -0.39 is 5.97 Å². The number of esters is 1. The minimum atomic E-state index is -0.402. The van der Waals surface area contributed by atoms with Crippen molar-refractivity contribution >= 4 is 23.7 Å². The van der Waals surface area contributed by atoms with E-state index in [-0.39, 0.29) is 0 Å². The third kappa shape index (κ3) is 2.73. The monoisotopic (exact) mass is 282 g/mol. The first-order valence-electron chi connectivity index (χ1n) is 5.48. The fourth-order valence-electron chi connectivity index (χ4n) is 1.51. The van der Waals surface area contributed by atoms with Crippen LogP contribution in [0.5, 0.6) is 0 Å². The number of rotatable bonds is 4. The maximum atomic E-state index is 11.4. The number of methoxy groups -OCH3 is 1.